The quantitative estimate of drug-likeness (QED) is 0.458. The van der Waals surface area contributed by atoms with Gasteiger partial charge in [-0.25, -0.2) is 0 Å². The predicted molar refractivity (Wildman–Crippen MR) is 79.9 cm³/mol. The number of carbonyl (C=O) groups excluding carboxylic acids is 2. The van der Waals surface area contributed by atoms with Gasteiger partial charge in [0.05, 0.1) is 5.57 Å². The van der Waals surface area contributed by atoms with Crippen molar-refractivity contribution < 1.29 is 9.59 Å². The molecule has 1 aromatic rings. The average molecular weight is 266 g/mol. The van der Waals surface area contributed by atoms with E-state index in [2.05, 4.69) is 5.73 Å². The molecule has 0 bridgehead atoms. The smallest absolute Gasteiger partial charge is 0.197 e. The van der Waals surface area contributed by atoms with Gasteiger partial charge in [-0.05, 0) is 25.5 Å². The van der Waals surface area contributed by atoms with Crippen LogP contribution in [-0.4, -0.2) is 11.6 Å². The van der Waals surface area contributed by atoms with Gasteiger partial charge in [0.2, 0.25) is 0 Å². The highest BCUT2D eigenvalue weighted by molar-refractivity contribution is 6.39. The molecule has 0 radical (unpaired) electrons. The Morgan fingerprint density at radius 2 is 1.55 bits per heavy atom. The lowest BCUT2D eigenvalue weighted by atomic mass is 9.89. The first kappa shape index (κ1) is 14.2. The second kappa shape index (κ2) is 5.07. The maximum absolute atomic E-state index is 12.3. The highest BCUT2D eigenvalue weighted by Gasteiger charge is 2.33. The van der Waals surface area contributed by atoms with Gasteiger partial charge in [0.25, 0.3) is 0 Å². The van der Waals surface area contributed by atoms with Gasteiger partial charge in [0.1, 0.15) is 0 Å². The van der Waals surface area contributed by atoms with Crippen LogP contribution in [-0.2, 0) is 0 Å². The van der Waals surface area contributed by atoms with Crippen molar-refractivity contribution in [2.45, 2.75) is 27.7 Å². The largest absolute Gasteiger partial charge is 0.288 e. The van der Waals surface area contributed by atoms with E-state index in [0.717, 1.165) is 5.57 Å². The summed E-state index contributed by atoms with van der Waals surface area (Å²) in [5.41, 5.74) is 5.08. The predicted octanol–water partition coefficient (Wildman–Crippen LogP) is 4.14. The molecule has 1 aliphatic rings. The number of fused-ring (bicyclic) bond motifs is 1. The number of benzene rings is 1. The van der Waals surface area contributed by atoms with E-state index in [9.17, 15) is 9.59 Å². The molecule has 0 amide bonds. The fourth-order valence-corrected chi connectivity index (χ4v) is 2.15. The molecule has 102 valence electrons. The molecule has 20 heavy (non-hydrogen) atoms. The molecule has 0 atom stereocenters. The Balaban J connectivity index is 2.46. The number of carbonyl (C=O) groups is 2. The molecular weight excluding hydrogens is 248 g/mol. The normalized spacial score (nSPS) is 13.9. The molecule has 0 saturated heterocycles. The summed E-state index contributed by atoms with van der Waals surface area (Å²) in [5, 5.41) is 0. The Morgan fingerprint density at radius 3 is 2.00 bits per heavy atom. The van der Waals surface area contributed by atoms with E-state index in [1.807, 2.05) is 33.8 Å². The Bertz CT molecular complexity index is 640. The molecule has 0 fully saturated rings. The van der Waals surface area contributed by atoms with Crippen molar-refractivity contribution in [1.82, 2.24) is 0 Å². The van der Waals surface area contributed by atoms with E-state index in [1.54, 1.807) is 30.3 Å². The first-order valence-corrected chi connectivity index (χ1v) is 6.64. The van der Waals surface area contributed by atoms with Crippen LogP contribution in [0.1, 0.15) is 48.4 Å². The molecule has 1 aromatic carbocycles. The molecule has 1 aliphatic carbocycles. The molecular formula is C18H18O2. The molecule has 0 N–H and O–H groups in total. The monoisotopic (exact) mass is 266 g/mol. The van der Waals surface area contributed by atoms with Crippen LogP contribution < -0.4 is 0 Å². The number of Topliss-reactive ketones (excluding diaryl/α,β-unsaturated/α-hetero) is 2. The summed E-state index contributed by atoms with van der Waals surface area (Å²) in [5.74, 6) is -0.353. The summed E-state index contributed by atoms with van der Waals surface area (Å²) in [6, 6.07) is 6.97. The van der Waals surface area contributed by atoms with Crippen molar-refractivity contribution in [1.29, 1.82) is 0 Å². The highest BCUT2D eigenvalue weighted by atomic mass is 16.2. The highest BCUT2D eigenvalue weighted by Crippen LogP contribution is 2.30. The molecule has 0 spiro atoms. The van der Waals surface area contributed by atoms with Gasteiger partial charge >= 0.3 is 0 Å². The minimum atomic E-state index is -0.389. The zero-order valence-corrected chi connectivity index (χ0v) is 12.3. The Labute approximate surface area is 119 Å². The van der Waals surface area contributed by atoms with Crippen LogP contribution in [0.5, 0.6) is 0 Å². The zero-order valence-electron chi connectivity index (χ0n) is 12.3. The molecule has 0 aliphatic heterocycles. The summed E-state index contributed by atoms with van der Waals surface area (Å²) in [7, 11) is 0. The van der Waals surface area contributed by atoms with Gasteiger partial charge in [0, 0.05) is 16.5 Å². The Kier molecular flexibility index (Phi) is 3.61. The molecule has 2 nitrogen and oxygen atoms in total. The Hall–Kier alpha value is -2.18. The summed E-state index contributed by atoms with van der Waals surface area (Å²) in [6.45, 7) is 7.84. The van der Waals surface area contributed by atoms with Crippen LogP contribution in [0.25, 0.3) is 0 Å². The minimum Gasteiger partial charge on any atom is -0.288 e. The average Bonchev–Trinajstić information content (AvgIpc) is 2.62. The lowest BCUT2D eigenvalue weighted by molar-refractivity contribution is 0.0986. The van der Waals surface area contributed by atoms with Crippen molar-refractivity contribution in [3.8, 4) is 0 Å². The molecule has 2 heteroatoms. The van der Waals surface area contributed by atoms with Gasteiger partial charge in [-0.3, -0.25) is 9.59 Å². The molecule has 0 aromatic heterocycles. The van der Waals surface area contributed by atoms with E-state index >= 15 is 0 Å². The van der Waals surface area contributed by atoms with Crippen LogP contribution in [0, 0.1) is 5.41 Å². The number of rotatable bonds is 2. The van der Waals surface area contributed by atoms with Crippen molar-refractivity contribution in [3.63, 3.8) is 0 Å². The van der Waals surface area contributed by atoms with E-state index in [0.29, 0.717) is 11.1 Å². The lowest BCUT2D eigenvalue weighted by Gasteiger charge is -2.14. The van der Waals surface area contributed by atoms with Gasteiger partial charge in [0.15, 0.2) is 11.6 Å². The van der Waals surface area contributed by atoms with Crippen LogP contribution >= 0.6 is 0 Å². The summed E-state index contributed by atoms with van der Waals surface area (Å²) in [4.78, 5) is 24.6. The number of hydrogen-bond donors (Lipinski definition) is 0. The summed E-state index contributed by atoms with van der Waals surface area (Å²) < 4.78 is 0. The third-order valence-electron chi connectivity index (χ3n) is 3.15. The van der Waals surface area contributed by atoms with Crippen molar-refractivity contribution in [3.05, 3.63) is 64.4 Å². The number of hydrogen-bond acceptors (Lipinski definition) is 2. The fourth-order valence-electron chi connectivity index (χ4n) is 2.15. The molecule has 0 saturated carbocycles. The van der Waals surface area contributed by atoms with Gasteiger partial charge in [-0.1, -0.05) is 44.2 Å². The van der Waals surface area contributed by atoms with Crippen LogP contribution in [0.4, 0.5) is 0 Å². The third kappa shape index (κ3) is 2.71. The maximum Gasteiger partial charge on any atom is 0.197 e. The van der Waals surface area contributed by atoms with E-state index < -0.39 is 0 Å². The first-order valence-electron chi connectivity index (χ1n) is 6.64. The van der Waals surface area contributed by atoms with Gasteiger partial charge < -0.3 is 0 Å². The van der Waals surface area contributed by atoms with Crippen LogP contribution in [0.3, 0.4) is 0 Å². The number of ketones is 2. The van der Waals surface area contributed by atoms with E-state index in [1.165, 1.54) is 0 Å². The molecule has 2 rings (SSSR count). The maximum atomic E-state index is 12.3. The number of allylic oxidation sites excluding steroid dienone is 3. The second-order valence-electron chi connectivity index (χ2n) is 5.87. The SMILES string of the molecule is CC(C)=C=CC(C)(C)C=C1C(=O)c2ccccc2C1=O. The second-order valence-corrected chi connectivity index (χ2v) is 5.87. The summed E-state index contributed by atoms with van der Waals surface area (Å²) in [6.07, 6.45) is 3.63. The van der Waals surface area contributed by atoms with Gasteiger partial charge in [-0.2, -0.15) is 0 Å². The first-order chi connectivity index (χ1) is 9.32. The minimum absolute atomic E-state index is 0.177. The van der Waals surface area contributed by atoms with Crippen LogP contribution in [0.2, 0.25) is 0 Å². The van der Waals surface area contributed by atoms with E-state index in [-0.39, 0.29) is 22.6 Å². The van der Waals surface area contributed by atoms with Crippen molar-refractivity contribution >= 4 is 11.6 Å². The summed E-state index contributed by atoms with van der Waals surface area (Å²) >= 11 is 0. The topological polar surface area (TPSA) is 34.1 Å². The van der Waals surface area contributed by atoms with Crippen LogP contribution in [0.15, 0.2) is 53.3 Å². The fraction of sp³-hybridized carbons (Fsp3) is 0.278. The van der Waals surface area contributed by atoms with E-state index in [4.69, 9.17) is 0 Å². The molecule has 0 unspecified atom stereocenters. The zero-order chi connectivity index (χ0) is 14.9. The molecule has 0 heterocycles. The lowest BCUT2D eigenvalue weighted by Crippen LogP contribution is -2.09. The van der Waals surface area contributed by atoms with Crippen molar-refractivity contribution in [2.75, 3.05) is 0 Å². The standard InChI is InChI=1S/C18H18O2/c1-12(2)9-10-18(3,4)11-15-16(19)13-7-5-6-8-14(13)17(15)20/h5-8,10-11H,1-4H3. The third-order valence-corrected chi connectivity index (χ3v) is 3.15. The van der Waals surface area contributed by atoms with Gasteiger partial charge in [-0.15, -0.1) is 5.73 Å². The van der Waals surface area contributed by atoms with Crippen molar-refractivity contribution in [2.24, 2.45) is 5.41 Å². The Morgan fingerprint density at radius 1 is 1.05 bits per heavy atom.